The van der Waals surface area contributed by atoms with Crippen LogP contribution >= 0.6 is 0 Å². The zero-order valence-corrected chi connectivity index (χ0v) is 14.9. The normalized spacial score (nSPS) is 10.8. The second kappa shape index (κ2) is 8.62. The fourth-order valence-corrected chi connectivity index (χ4v) is 2.24. The average molecular weight is 352 g/mol. The van der Waals surface area contributed by atoms with Gasteiger partial charge in [0.25, 0.3) is 5.91 Å². The molecule has 6 nitrogen and oxygen atoms in total. The Morgan fingerprint density at radius 2 is 1.96 bits per heavy atom. The van der Waals surface area contributed by atoms with E-state index in [1.807, 2.05) is 6.92 Å². The predicted molar refractivity (Wildman–Crippen MR) is 99.7 cm³/mol. The van der Waals surface area contributed by atoms with E-state index in [9.17, 15) is 9.59 Å². The Labute approximate surface area is 152 Å². The fraction of sp³-hybridized carbons (Fsp3) is 0.150. The Balaban J connectivity index is 2.39. The van der Waals surface area contributed by atoms with Crippen LogP contribution in [0.4, 0.5) is 5.69 Å². The molecule has 6 heteroatoms. The van der Waals surface area contributed by atoms with Gasteiger partial charge in [0.05, 0.1) is 25.4 Å². The maximum Gasteiger partial charge on any atom is 0.338 e. The molecule has 0 aliphatic rings. The lowest BCUT2D eigenvalue weighted by Crippen LogP contribution is -2.19. The summed E-state index contributed by atoms with van der Waals surface area (Å²) in [5.74, 6) is -0.527. The van der Waals surface area contributed by atoms with Gasteiger partial charge in [-0.3, -0.25) is 9.78 Å². The summed E-state index contributed by atoms with van der Waals surface area (Å²) in [5.41, 5.74) is 2.06. The van der Waals surface area contributed by atoms with Gasteiger partial charge in [-0.15, -0.1) is 0 Å². The molecule has 26 heavy (non-hydrogen) atoms. The summed E-state index contributed by atoms with van der Waals surface area (Å²) in [5, 5.41) is 2.74. The van der Waals surface area contributed by atoms with Crippen molar-refractivity contribution in [3.8, 4) is 5.75 Å². The number of aryl methyl sites for hydroxylation is 1. The molecule has 0 saturated heterocycles. The minimum Gasteiger partial charge on any atom is -0.497 e. The number of hydrogen-bond donors (Lipinski definition) is 1. The number of nitrogens with zero attached hydrogens (tertiary/aromatic N) is 1. The number of aromatic nitrogens is 1. The second-order valence-corrected chi connectivity index (χ2v) is 5.44. The van der Waals surface area contributed by atoms with Crippen molar-refractivity contribution < 1.29 is 19.1 Å². The van der Waals surface area contributed by atoms with Crippen LogP contribution in [-0.2, 0) is 14.3 Å². The Bertz CT molecular complexity index is 872. The van der Waals surface area contributed by atoms with E-state index in [0.717, 1.165) is 5.69 Å². The van der Waals surface area contributed by atoms with Crippen molar-refractivity contribution in [3.05, 3.63) is 71.6 Å². The molecule has 1 heterocycles. The van der Waals surface area contributed by atoms with Gasteiger partial charge in [-0.25, -0.2) is 4.79 Å². The number of esters is 1. The number of rotatable bonds is 6. The van der Waals surface area contributed by atoms with Crippen LogP contribution in [0.1, 0.15) is 11.3 Å². The molecule has 0 spiro atoms. The maximum absolute atomic E-state index is 12.7. The number of benzene rings is 1. The Morgan fingerprint density at radius 3 is 2.62 bits per heavy atom. The van der Waals surface area contributed by atoms with Gasteiger partial charge < -0.3 is 14.8 Å². The number of nitrogens with one attached hydrogen (secondary N) is 1. The molecule has 2 aromatic rings. The summed E-state index contributed by atoms with van der Waals surface area (Å²) in [6.45, 7) is 5.51. The zero-order chi connectivity index (χ0) is 19.1. The van der Waals surface area contributed by atoms with Crippen LogP contribution in [0.5, 0.6) is 5.75 Å². The molecule has 0 aliphatic heterocycles. The fourth-order valence-electron chi connectivity index (χ4n) is 2.24. The number of carbonyl (C=O) groups is 2. The number of methoxy groups -OCH3 is 2. The highest BCUT2D eigenvalue weighted by atomic mass is 16.5. The van der Waals surface area contributed by atoms with Gasteiger partial charge >= 0.3 is 5.97 Å². The summed E-state index contributed by atoms with van der Waals surface area (Å²) in [4.78, 5) is 28.7. The predicted octanol–water partition coefficient (Wildman–Crippen LogP) is 3.15. The lowest BCUT2D eigenvalue weighted by molar-refractivity contribution is -0.136. The van der Waals surface area contributed by atoms with Crippen molar-refractivity contribution in [3.63, 3.8) is 0 Å². The van der Waals surface area contributed by atoms with Crippen molar-refractivity contribution in [1.82, 2.24) is 4.98 Å². The van der Waals surface area contributed by atoms with E-state index in [0.29, 0.717) is 17.0 Å². The molecular weight excluding hydrogens is 332 g/mol. The zero-order valence-electron chi connectivity index (χ0n) is 14.9. The van der Waals surface area contributed by atoms with Gasteiger partial charge in [-0.2, -0.15) is 0 Å². The van der Waals surface area contributed by atoms with Gasteiger partial charge in [0.1, 0.15) is 5.75 Å². The largest absolute Gasteiger partial charge is 0.497 e. The molecule has 0 saturated carbocycles. The van der Waals surface area contributed by atoms with E-state index < -0.39 is 11.9 Å². The highest BCUT2D eigenvalue weighted by Crippen LogP contribution is 2.20. The molecular formula is C20H20N2O4. The van der Waals surface area contributed by atoms with Crippen molar-refractivity contribution in [1.29, 1.82) is 0 Å². The standard InChI is InChI=1S/C20H20N2O4/c1-13-10-16(8-9-21-13)22-19(23)18(14(2)20(24)26-4)12-15-6-5-7-17(11-15)25-3/h5-12H,2H2,1,3-4H3,(H,21,22,23). The summed E-state index contributed by atoms with van der Waals surface area (Å²) in [7, 11) is 2.79. The molecule has 0 unspecified atom stereocenters. The first-order chi connectivity index (χ1) is 12.4. The quantitative estimate of drug-likeness (QED) is 0.491. The molecule has 0 fully saturated rings. The molecule has 134 valence electrons. The van der Waals surface area contributed by atoms with Crippen LogP contribution in [-0.4, -0.2) is 31.1 Å². The first-order valence-corrected chi connectivity index (χ1v) is 7.82. The third-order valence-corrected chi connectivity index (χ3v) is 3.56. The van der Waals surface area contributed by atoms with Gasteiger partial charge in [0.15, 0.2) is 0 Å². The Kier molecular flexibility index (Phi) is 6.27. The van der Waals surface area contributed by atoms with E-state index in [2.05, 4.69) is 16.9 Å². The molecule has 0 radical (unpaired) electrons. The van der Waals surface area contributed by atoms with Gasteiger partial charge in [0, 0.05) is 17.6 Å². The minimum absolute atomic E-state index is 0.0430. The topological polar surface area (TPSA) is 77.5 Å². The third kappa shape index (κ3) is 4.80. The molecule has 1 aromatic carbocycles. The van der Waals surface area contributed by atoms with E-state index >= 15 is 0 Å². The Morgan fingerprint density at radius 1 is 1.19 bits per heavy atom. The lowest BCUT2D eigenvalue weighted by atomic mass is 10.0. The SMILES string of the molecule is C=C(C(=O)OC)C(=Cc1cccc(OC)c1)C(=O)Nc1ccnc(C)c1. The number of pyridine rings is 1. The summed E-state index contributed by atoms with van der Waals surface area (Å²) in [6, 6.07) is 10.5. The molecule has 0 aliphatic carbocycles. The first-order valence-electron chi connectivity index (χ1n) is 7.82. The number of ether oxygens (including phenoxy) is 2. The maximum atomic E-state index is 12.7. The van der Waals surface area contributed by atoms with Crippen LogP contribution in [0.25, 0.3) is 6.08 Å². The smallest absolute Gasteiger partial charge is 0.338 e. The highest BCUT2D eigenvalue weighted by Gasteiger charge is 2.20. The van der Waals surface area contributed by atoms with Gasteiger partial charge in [-0.05, 0) is 42.8 Å². The number of carbonyl (C=O) groups excluding carboxylic acids is 2. The van der Waals surface area contributed by atoms with E-state index in [4.69, 9.17) is 9.47 Å². The minimum atomic E-state index is -0.680. The number of hydrogen-bond acceptors (Lipinski definition) is 5. The van der Waals surface area contributed by atoms with Crippen LogP contribution < -0.4 is 10.1 Å². The van der Waals surface area contributed by atoms with Crippen LogP contribution in [0.15, 0.2) is 60.3 Å². The summed E-state index contributed by atoms with van der Waals surface area (Å²) >= 11 is 0. The third-order valence-electron chi connectivity index (χ3n) is 3.56. The van der Waals surface area contributed by atoms with E-state index in [1.54, 1.807) is 55.8 Å². The van der Waals surface area contributed by atoms with Gasteiger partial charge in [-0.1, -0.05) is 18.7 Å². The lowest BCUT2D eigenvalue weighted by Gasteiger charge is -2.11. The van der Waals surface area contributed by atoms with E-state index in [1.165, 1.54) is 7.11 Å². The number of anilines is 1. The highest BCUT2D eigenvalue weighted by molar-refractivity contribution is 6.16. The van der Waals surface area contributed by atoms with Crippen molar-refractivity contribution in [2.75, 3.05) is 19.5 Å². The van der Waals surface area contributed by atoms with Crippen molar-refractivity contribution in [2.24, 2.45) is 0 Å². The van der Waals surface area contributed by atoms with Crippen LogP contribution in [0.2, 0.25) is 0 Å². The van der Waals surface area contributed by atoms with Crippen LogP contribution in [0.3, 0.4) is 0 Å². The molecule has 1 N–H and O–H groups in total. The molecule has 1 aromatic heterocycles. The second-order valence-electron chi connectivity index (χ2n) is 5.44. The van der Waals surface area contributed by atoms with Crippen molar-refractivity contribution >= 4 is 23.6 Å². The molecule has 1 amide bonds. The van der Waals surface area contributed by atoms with Gasteiger partial charge in [0.2, 0.25) is 0 Å². The van der Waals surface area contributed by atoms with E-state index in [-0.39, 0.29) is 11.1 Å². The van der Waals surface area contributed by atoms with Crippen LogP contribution in [0, 0.1) is 6.92 Å². The summed E-state index contributed by atoms with van der Waals surface area (Å²) < 4.78 is 9.89. The average Bonchev–Trinajstić information content (AvgIpc) is 2.65. The number of amides is 1. The molecule has 2 rings (SSSR count). The Hall–Kier alpha value is -3.41. The molecule has 0 bridgehead atoms. The molecule has 0 atom stereocenters. The monoisotopic (exact) mass is 352 g/mol. The first kappa shape index (κ1) is 18.9. The summed E-state index contributed by atoms with van der Waals surface area (Å²) in [6.07, 6.45) is 3.15. The van der Waals surface area contributed by atoms with Crippen molar-refractivity contribution in [2.45, 2.75) is 6.92 Å².